The van der Waals surface area contributed by atoms with Crippen molar-refractivity contribution < 1.29 is 23.2 Å². The zero-order chi connectivity index (χ0) is 11.4. The Morgan fingerprint density at radius 1 is 1.43 bits per heavy atom. The lowest BCUT2D eigenvalue weighted by molar-refractivity contribution is 0.0753. The SMILES string of the molecule is CC(C)(O)CNCC(O)CS(=O)(=O)O. The van der Waals surface area contributed by atoms with Gasteiger partial charge in [-0.15, -0.1) is 0 Å². The van der Waals surface area contributed by atoms with E-state index in [-0.39, 0.29) is 13.1 Å². The fourth-order valence-corrected chi connectivity index (χ4v) is 1.45. The van der Waals surface area contributed by atoms with Crippen molar-refractivity contribution in [3.8, 4) is 0 Å². The molecule has 0 rings (SSSR count). The van der Waals surface area contributed by atoms with E-state index in [2.05, 4.69) is 5.32 Å². The van der Waals surface area contributed by atoms with Gasteiger partial charge in [0.2, 0.25) is 0 Å². The monoisotopic (exact) mass is 227 g/mol. The van der Waals surface area contributed by atoms with Gasteiger partial charge in [0, 0.05) is 13.1 Å². The summed E-state index contributed by atoms with van der Waals surface area (Å²) in [7, 11) is -4.14. The smallest absolute Gasteiger partial charge is 0.267 e. The number of hydrogen-bond donors (Lipinski definition) is 4. The third kappa shape index (κ3) is 9.87. The molecule has 0 aromatic heterocycles. The molecule has 0 fully saturated rings. The van der Waals surface area contributed by atoms with Crippen LogP contribution in [0.5, 0.6) is 0 Å². The number of rotatable bonds is 6. The summed E-state index contributed by atoms with van der Waals surface area (Å²) in [6.45, 7) is 3.39. The second kappa shape index (κ2) is 5.04. The molecule has 0 bridgehead atoms. The molecule has 0 saturated heterocycles. The first-order chi connectivity index (χ1) is 6.10. The number of hydrogen-bond acceptors (Lipinski definition) is 5. The Morgan fingerprint density at radius 3 is 2.29 bits per heavy atom. The largest absolute Gasteiger partial charge is 0.391 e. The first-order valence-corrected chi connectivity index (χ1v) is 5.77. The highest BCUT2D eigenvalue weighted by Gasteiger charge is 2.16. The molecule has 1 unspecified atom stereocenters. The first-order valence-electron chi connectivity index (χ1n) is 4.16. The van der Waals surface area contributed by atoms with Gasteiger partial charge in [-0.05, 0) is 13.8 Å². The summed E-state index contributed by atoms with van der Waals surface area (Å²) in [6.07, 6.45) is -1.17. The maximum atomic E-state index is 10.3. The van der Waals surface area contributed by atoms with Crippen molar-refractivity contribution in [1.82, 2.24) is 5.32 Å². The Labute approximate surface area is 83.7 Å². The van der Waals surface area contributed by atoms with Gasteiger partial charge >= 0.3 is 0 Å². The summed E-state index contributed by atoms with van der Waals surface area (Å²) in [5.41, 5.74) is -0.919. The quantitative estimate of drug-likeness (QED) is 0.416. The molecule has 0 aromatic rings. The second-order valence-electron chi connectivity index (χ2n) is 3.85. The number of aliphatic hydroxyl groups excluding tert-OH is 1. The predicted molar refractivity (Wildman–Crippen MR) is 51.6 cm³/mol. The van der Waals surface area contributed by atoms with Gasteiger partial charge in [-0.25, -0.2) is 0 Å². The molecule has 1 atom stereocenters. The van der Waals surface area contributed by atoms with Gasteiger partial charge in [-0.3, -0.25) is 4.55 Å². The Bertz CT molecular complexity index is 256. The van der Waals surface area contributed by atoms with Gasteiger partial charge in [0.25, 0.3) is 10.1 Å². The maximum Gasteiger partial charge on any atom is 0.267 e. The molecule has 0 aliphatic rings. The zero-order valence-electron chi connectivity index (χ0n) is 8.27. The molecule has 7 heteroatoms. The van der Waals surface area contributed by atoms with Gasteiger partial charge in [-0.2, -0.15) is 8.42 Å². The molecule has 86 valence electrons. The lowest BCUT2D eigenvalue weighted by atomic mass is 10.1. The van der Waals surface area contributed by atoms with Crippen LogP contribution in [0.3, 0.4) is 0 Å². The number of nitrogens with one attached hydrogen (secondary N) is 1. The lowest BCUT2D eigenvalue weighted by Crippen LogP contribution is -2.40. The van der Waals surface area contributed by atoms with E-state index in [0.717, 1.165) is 0 Å². The minimum atomic E-state index is -4.14. The summed E-state index contributed by atoms with van der Waals surface area (Å²) in [6, 6.07) is 0. The van der Waals surface area contributed by atoms with Gasteiger partial charge in [-0.1, -0.05) is 0 Å². The molecular weight excluding hydrogens is 210 g/mol. The Hall–Kier alpha value is -0.210. The molecule has 0 aromatic carbocycles. The minimum absolute atomic E-state index is 0.00375. The maximum absolute atomic E-state index is 10.3. The summed E-state index contributed by atoms with van der Waals surface area (Å²) < 4.78 is 29.0. The van der Waals surface area contributed by atoms with E-state index in [0.29, 0.717) is 0 Å². The second-order valence-corrected chi connectivity index (χ2v) is 5.34. The van der Waals surface area contributed by atoms with Crippen molar-refractivity contribution >= 4 is 10.1 Å². The van der Waals surface area contributed by atoms with Crippen molar-refractivity contribution in [1.29, 1.82) is 0 Å². The van der Waals surface area contributed by atoms with Gasteiger partial charge < -0.3 is 15.5 Å². The highest BCUT2D eigenvalue weighted by Crippen LogP contribution is 1.97. The van der Waals surface area contributed by atoms with E-state index < -0.39 is 27.6 Å². The molecule has 0 spiro atoms. The van der Waals surface area contributed by atoms with E-state index >= 15 is 0 Å². The van der Waals surface area contributed by atoms with Crippen LogP contribution in [-0.2, 0) is 10.1 Å². The van der Waals surface area contributed by atoms with Crippen LogP contribution in [-0.4, -0.2) is 53.7 Å². The van der Waals surface area contributed by atoms with Crippen LogP contribution >= 0.6 is 0 Å². The first kappa shape index (κ1) is 13.8. The van der Waals surface area contributed by atoms with Crippen LogP contribution in [0, 0.1) is 0 Å². The van der Waals surface area contributed by atoms with Crippen LogP contribution in [0.15, 0.2) is 0 Å². The summed E-state index contributed by atoms with van der Waals surface area (Å²) in [5.74, 6) is -0.703. The molecule has 0 aliphatic heterocycles. The molecule has 0 aliphatic carbocycles. The molecule has 0 radical (unpaired) electrons. The topological polar surface area (TPSA) is 107 Å². The van der Waals surface area contributed by atoms with E-state index in [1.807, 2.05) is 0 Å². The van der Waals surface area contributed by atoms with Crippen molar-refractivity contribution in [2.24, 2.45) is 0 Å². The third-order valence-electron chi connectivity index (χ3n) is 1.34. The Kier molecular flexibility index (Phi) is 4.96. The normalized spacial score (nSPS) is 15.5. The van der Waals surface area contributed by atoms with Gasteiger partial charge in [0.15, 0.2) is 0 Å². The standard InChI is InChI=1S/C7H17NO5S/c1-7(2,10)5-8-3-6(9)4-14(11,12)13/h6,8-10H,3-5H2,1-2H3,(H,11,12,13). The van der Waals surface area contributed by atoms with E-state index in [1.54, 1.807) is 13.8 Å². The molecule has 14 heavy (non-hydrogen) atoms. The van der Waals surface area contributed by atoms with Crippen molar-refractivity contribution in [2.45, 2.75) is 25.6 Å². The average molecular weight is 227 g/mol. The zero-order valence-corrected chi connectivity index (χ0v) is 9.08. The van der Waals surface area contributed by atoms with Crippen LogP contribution in [0.2, 0.25) is 0 Å². The van der Waals surface area contributed by atoms with Crippen LogP contribution in [0.4, 0.5) is 0 Å². The van der Waals surface area contributed by atoms with Crippen LogP contribution < -0.4 is 5.32 Å². The number of aliphatic hydroxyl groups is 2. The molecular formula is C7H17NO5S. The molecule has 0 heterocycles. The lowest BCUT2D eigenvalue weighted by Gasteiger charge is -2.18. The van der Waals surface area contributed by atoms with E-state index in [4.69, 9.17) is 9.66 Å². The summed E-state index contributed by atoms with van der Waals surface area (Å²) >= 11 is 0. The molecule has 6 nitrogen and oxygen atoms in total. The summed E-state index contributed by atoms with van der Waals surface area (Å²) in [5, 5.41) is 21.0. The van der Waals surface area contributed by atoms with Crippen LogP contribution in [0.25, 0.3) is 0 Å². The van der Waals surface area contributed by atoms with Crippen molar-refractivity contribution in [3.05, 3.63) is 0 Å². The minimum Gasteiger partial charge on any atom is -0.391 e. The Morgan fingerprint density at radius 2 is 1.93 bits per heavy atom. The van der Waals surface area contributed by atoms with Gasteiger partial charge in [0.1, 0.15) is 5.75 Å². The fourth-order valence-electron chi connectivity index (χ4n) is 0.847. The fraction of sp³-hybridized carbons (Fsp3) is 1.00. The van der Waals surface area contributed by atoms with Crippen LogP contribution in [0.1, 0.15) is 13.8 Å². The van der Waals surface area contributed by atoms with Crippen molar-refractivity contribution in [3.63, 3.8) is 0 Å². The highest BCUT2D eigenvalue weighted by molar-refractivity contribution is 7.85. The Balaban J connectivity index is 3.71. The van der Waals surface area contributed by atoms with Gasteiger partial charge in [0.05, 0.1) is 11.7 Å². The average Bonchev–Trinajstić information content (AvgIpc) is 1.78. The predicted octanol–water partition coefficient (Wildman–Crippen LogP) is -1.40. The molecule has 4 N–H and O–H groups in total. The molecule has 0 amide bonds. The third-order valence-corrected chi connectivity index (χ3v) is 2.15. The highest BCUT2D eigenvalue weighted by atomic mass is 32.2. The van der Waals surface area contributed by atoms with E-state index in [9.17, 15) is 13.5 Å². The van der Waals surface area contributed by atoms with Crippen molar-refractivity contribution in [2.75, 3.05) is 18.8 Å². The molecule has 0 saturated carbocycles. The summed E-state index contributed by atoms with van der Waals surface area (Å²) in [4.78, 5) is 0. The van der Waals surface area contributed by atoms with E-state index in [1.165, 1.54) is 0 Å².